The number of aromatic nitrogens is 1. The first-order chi connectivity index (χ1) is 12.7. The number of methoxy groups -OCH3 is 1. The Morgan fingerprint density at radius 3 is 2.96 bits per heavy atom. The summed E-state index contributed by atoms with van der Waals surface area (Å²) in [4.78, 5) is 23.5. The van der Waals surface area contributed by atoms with Crippen molar-refractivity contribution >= 4 is 17.2 Å². The van der Waals surface area contributed by atoms with Gasteiger partial charge in [-0.25, -0.2) is 4.98 Å². The highest BCUT2D eigenvalue weighted by Gasteiger charge is 2.26. The van der Waals surface area contributed by atoms with Gasteiger partial charge in [0, 0.05) is 43.3 Å². The lowest BCUT2D eigenvalue weighted by Crippen LogP contribution is -2.35. The molecule has 1 fully saturated rings. The van der Waals surface area contributed by atoms with Crippen LogP contribution in [0.5, 0.6) is 5.88 Å². The van der Waals surface area contributed by atoms with Gasteiger partial charge in [0.25, 0.3) is 5.91 Å². The number of thiophene rings is 1. The van der Waals surface area contributed by atoms with Crippen molar-refractivity contribution in [1.82, 2.24) is 14.8 Å². The van der Waals surface area contributed by atoms with Crippen molar-refractivity contribution < 1.29 is 9.53 Å². The molecule has 0 atom stereocenters. The number of carbonyl (C=O) groups excluding carboxylic acids is 1. The summed E-state index contributed by atoms with van der Waals surface area (Å²) in [5.41, 5.74) is 2.93. The predicted molar refractivity (Wildman–Crippen MR) is 103 cm³/mol. The first-order valence-corrected chi connectivity index (χ1v) is 10.2. The molecule has 1 amide bonds. The van der Waals surface area contributed by atoms with Crippen LogP contribution in [0.1, 0.15) is 39.3 Å². The molecule has 1 aliphatic carbocycles. The van der Waals surface area contributed by atoms with Crippen LogP contribution in [0.15, 0.2) is 23.6 Å². The van der Waals surface area contributed by atoms with Gasteiger partial charge in [0.05, 0.1) is 7.11 Å². The van der Waals surface area contributed by atoms with E-state index in [-0.39, 0.29) is 5.91 Å². The van der Waals surface area contributed by atoms with Crippen LogP contribution in [-0.2, 0) is 19.4 Å². The molecule has 3 heterocycles. The largest absolute Gasteiger partial charge is 0.480 e. The number of hydrogen-bond donors (Lipinski definition) is 0. The maximum Gasteiger partial charge on any atom is 0.259 e. The minimum atomic E-state index is 0.0574. The zero-order valence-electron chi connectivity index (χ0n) is 15.2. The summed E-state index contributed by atoms with van der Waals surface area (Å²) in [6.45, 7) is 4.46. The van der Waals surface area contributed by atoms with Crippen molar-refractivity contribution in [2.24, 2.45) is 0 Å². The maximum absolute atomic E-state index is 13.1. The predicted octanol–water partition coefficient (Wildman–Crippen LogP) is 2.99. The van der Waals surface area contributed by atoms with Gasteiger partial charge in [0.1, 0.15) is 5.56 Å². The Hall–Kier alpha value is -1.92. The number of pyridine rings is 1. The molecule has 2 aromatic rings. The zero-order chi connectivity index (χ0) is 17.9. The van der Waals surface area contributed by atoms with E-state index in [1.54, 1.807) is 18.4 Å². The second-order valence-electron chi connectivity index (χ2n) is 7.01. The molecule has 2 aromatic heterocycles. The molecule has 0 unspecified atom stereocenters. The third kappa shape index (κ3) is 3.62. The molecule has 1 saturated heterocycles. The molecule has 0 radical (unpaired) electrons. The fraction of sp³-hybridized carbons (Fsp3) is 0.500. The van der Waals surface area contributed by atoms with E-state index in [2.05, 4.69) is 27.4 Å². The van der Waals surface area contributed by atoms with E-state index in [1.807, 2.05) is 11.0 Å². The quantitative estimate of drug-likeness (QED) is 0.829. The second kappa shape index (κ2) is 7.76. The summed E-state index contributed by atoms with van der Waals surface area (Å²) >= 11 is 1.80. The van der Waals surface area contributed by atoms with Crippen molar-refractivity contribution in [2.45, 2.75) is 32.2 Å². The number of fused-ring (bicyclic) bond motifs is 1. The number of amides is 1. The van der Waals surface area contributed by atoms with E-state index in [1.165, 1.54) is 10.4 Å². The van der Waals surface area contributed by atoms with Crippen LogP contribution in [0.3, 0.4) is 0 Å². The highest BCUT2D eigenvalue weighted by Crippen LogP contribution is 2.27. The van der Waals surface area contributed by atoms with E-state index in [4.69, 9.17) is 4.74 Å². The summed E-state index contributed by atoms with van der Waals surface area (Å²) in [5.74, 6) is 0.539. The molecule has 2 aliphatic rings. The molecule has 26 heavy (non-hydrogen) atoms. The Bertz CT molecular complexity index is 776. The summed E-state index contributed by atoms with van der Waals surface area (Å²) in [6.07, 6.45) is 4.12. The Morgan fingerprint density at radius 1 is 1.23 bits per heavy atom. The van der Waals surface area contributed by atoms with Gasteiger partial charge in [0.2, 0.25) is 5.88 Å². The fourth-order valence-electron chi connectivity index (χ4n) is 3.89. The third-order valence-corrected chi connectivity index (χ3v) is 6.14. The van der Waals surface area contributed by atoms with Crippen molar-refractivity contribution in [1.29, 1.82) is 0 Å². The number of hydrogen-bond acceptors (Lipinski definition) is 5. The summed E-state index contributed by atoms with van der Waals surface area (Å²) in [7, 11) is 1.60. The van der Waals surface area contributed by atoms with Crippen LogP contribution in [0.4, 0.5) is 0 Å². The SMILES string of the molecule is COc1nc2c(cc1C(=O)N1CCCN(Cc3cccs3)CC1)CCC2. The van der Waals surface area contributed by atoms with Gasteiger partial charge in [-0.2, -0.15) is 0 Å². The van der Waals surface area contributed by atoms with E-state index in [9.17, 15) is 4.79 Å². The molecule has 0 bridgehead atoms. The van der Waals surface area contributed by atoms with E-state index >= 15 is 0 Å². The average Bonchev–Trinajstić information content (AvgIpc) is 3.28. The topological polar surface area (TPSA) is 45.7 Å². The zero-order valence-corrected chi connectivity index (χ0v) is 16.1. The second-order valence-corrected chi connectivity index (χ2v) is 8.04. The highest BCUT2D eigenvalue weighted by molar-refractivity contribution is 7.09. The third-order valence-electron chi connectivity index (χ3n) is 5.27. The number of carbonyl (C=O) groups is 1. The van der Waals surface area contributed by atoms with Gasteiger partial charge in [0.15, 0.2) is 0 Å². The van der Waals surface area contributed by atoms with Crippen molar-refractivity contribution in [3.8, 4) is 5.88 Å². The van der Waals surface area contributed by atoms with Crippen molar-refractivity contribution in [3.05, 3.63) is 45.3 Å². The van der Waals surface area contributed by atoms with Gasteiger partial charge in [-0.3, -0.25) is 9.69 Å². The monoisotopic (exact) mass is 371 g/mol. The summed E-state index contributed by atoms with van der Waals surface area (Å²) in [5, 5.41) is 2.12. The Labute approximate surface area is 158 Å². The minimum absolute atomic E-state index is 0.0574. The Balaban J connectivity index is 1.47. The summed E-state index contributed by atoms with van der Waals surface area (Å²) in [6, 6.07) is 6.30. The lowest BCUT2D eigenvalue weighted by atomic mass is 10.1. The number of ether oxygens (including phenoxy) is 1. The van der Waals surface area contributed by atoms with Crippen LogP contribution in [0.2, 0.25) is 0 Å². The Morgan fingerprint density at radius 2 is 2.15 bits per heavy atom. The van der Waals surface area contributed by atoms with Crippen LogP contribution in [0, 0.1) is 0 Å². The van der Waals surface area contributed by atoms with Crippen LogP contribution >= 0.6 is 11.3 Å². The van der Waals surface area contributed by atoms with E-state index < -0.39 is 0 Å². The lowest BCUT2D eigenvalue weighted by Gasteiger charge is -2.22. The first kappa shape index (κ1) is 17.5. The number of nitrogens with zero attached hydrogens (tertiary/aromatic N) is 3. The van der Waals surface area contributed by atoms with Gasteiger partial charge in [-0.05, 0) is 48.8 Å². The number of aryl methyl sites for hydroxylation is 2. The molecule has 4 rings (SSSR count). The van der Waals surface area contributed by atoms with Crippen LogP contribution in [-0.4, -0.2) is 54.0 Å². The smallest absolute Gasteiger partial charge is 0.259 e. The average molecular weight is 372 g/mol. The van der Waals surface area contributed by atoms with Crippen molar-refractivity contribution in [3.63, 3.8) is 0 Å². The molecule has 6 heteroatoms. The van der Waals surface area contributed by atoms with E-state index in [0.29, 0.717) is 11.4 Å². The molecule has 0 saturated carbocycles. The fourth-order valence-corrected chi connectivity index (χ4v) is 4.63. The minimum Gasteiger partial charge on any atom is -0.480 e. The number of rotatable bonds is 4. The molecule has 0 aromatic carbocycles. The molecule has 138 valence electrons. The van der Waals surface area contributed by atoms with Gasteiger partial charge in [-0.1, -0.05) is 6.07 Å². The Kier molecular flexibility index (Phi) is 5.22. The van der Waals surface area contributed by atoms with Crippen molar-refractivity contribution in [2.75, 3.05) is 33.3 Å². The van der Waals surface area contributed by atoms with Crippen LogP contribution < -0.4 is 4.74 Å². The normalized spacial score (nSPS) is 17.8. The van der Waals surface area contributed by atoms with Crippen LogP contribution in [0.25, 0.3) is 0 Å². The van der Waals surface area contributed by atoms with Gasteiger partial charge >= 0.3 is 0 Å². The molecule has 0 spiro atoms. The molecular formula is C20H25N3O2S. The summed E-state index contributed by atoms with van der Waals surface area (Å²) < 4.78 is 5.44. The highest BCUT2D eigenvalue weighted by atomic mass is 32.1. The van der Waals surface area contributed by atoms with Gasteiger partial charge < -0.3 is 9.64 Å². The maximum atomic E-state index is 13.1. The lowest BCUT2D eigenvalue weighted by molar-refractivity contribution is 0.0756. The van der Waals surface area contributed by atoms with Gasteiger partial charge in [-0.15, -0.1) is 11.3 Å². The molecular weight excluding hydrogens is 346 g/mol. The molecule has 1 aliphatic heterocycles. The van der Waals surface area contributed by atoms with E-state index in [0.717, 1.165) is 64.1 Å². The molecule has 0 N–H and O–H groups in total. The molecule has 5 nitrogen and oxygen atoms in total. The standard InChI is InChI=1S/C20H25N3O2S/c1-25-19-17(13-15-5-2-7-18(15)21-19)20(24)23-9-4-8-22(10-11-23)14-16-6-3-12-26-16/h3,6,12-13H,2,4-5,7-11,14H2,1H3. The first-order valence-electron chi connectivity index (χ1n) is 9.35.